The van der Waals surface area contributed by atoms with Gasteiger partial charge in [0.25, 0.3) is 0 Å². The van der Waals surface area contributed by atoms with Crippen molar-refractivity contribution in [1.29, 1.82) is 0 Å². The molecule has 0 bridgehead atoms. The summed E-state index contributed by atoms with van der Waals surface area (Å²) in [6.45, 7) is 0. The molecule has 0 aromatic carbocycles. The van der Waals surface area contributed by atoms with Crippen molar-refractivity contribution in [1.82, 2.24) is 4.90 Å². The maximum absolute atomic E-state index is 12.1. The van der Waals surface area contributed by atoms with Crippen molar-refractivity contribution in [3.63, 3.8) is 0 Å². The molecule has 3 nitrogen and oxygen atoms in total. The molecule has 2 rings (SSSR count). The highest BCUT2D eigenvalue weighted by Gasteiger charge is 2.28. The zero-order chi connectivity index (χ0) is 11.5. The number of carbonyl (C=O) groups excluding carboxylic acids is 1. The van der Waals surface area contributed by atoms with Gasteiger partial charge in [-0.25, -0.2) is 0 Å². The van der Waals surface area contributed by atoms with E-state index in [9.17, 15) is 4.79 Å². The second-order valence-corrected chi connectivity index (χ2v) is 6.09. The lowest BCUT2D eigenvalue weighted by Crippen LogP contribution is -2.42. The fourth-order valence-corrected chi connectivity index (χ4v) is 3.80. The molecule has 88 valence electrons. The Morgan fingerprint density at radius 3 is 3.06 bits per heavy atom. The Morgan fingerprint density at radius 1 is 1.69 bits per heavy atom. The number of nitrogens with zero attached hydrogens (tertiary/aromatic N) is 1. The van der Waals surface area contributed by atoms with Crippen LogP contribution in [0.3, 0.4) is 0 Å². The average molecular weight is 256 g/mol. The Kier molecular flexibility index (Phi) is 3.89. The summed E-state index contributed by atoms with van der Waals surface area (Å²) in [4.78, 5) is 14.9. The summed E-state index contributed by atoms with van der Waals surface area (Å²) < 4.78 is 0. The quantitative estimate of drug-likeness (QED) is 0.895. The monoisotopic (exact) mass is 256 g/mol. The number of hydrogen-bond acceptors (Lipinski definition) is 4. The van der Waals surface area contributed by atoms with E-state index in [0.29, 0.717) is 6.04 Å². The fraction of sp³-hybridized carbons (Fsp3) is 0.545. The van der Waals surface area contributed by atoms with Crippen LogP contribution in [0.5, 0.6) is 0 Å². The van der Waals surface area contributed by atoms with Crippen LogP contribution in [0.2, 0.25) is 0 Å². The molecule has 0 spiro atoms. The van der Waals surface area contributed by atoms with Gasteiger partial charge in [-0.1, -0.05) is 6.07 Å². The first-order chi connectivity index (χ1) is 7.70. The summed E-state index contributed by atoms with van der Waals surface area (Å²) in [5, 5.41) is 1.95. The lowest BCUT2D eigenvalue weighted by atomic mass is 10.1. The molecule has 5 heteroatoms. The lowest BCUT2D eigenvalue weighted by Gasteiger charge is -2.26. The molecular formula is C11H16N2OS2. The summed E-state index contributed by atoms with van der Waals surface area (Å²) in [6.07, 6.45) is 1.09. The molecule has 2 heterocycles. The molecule has 1 saturated heterocycles. The predicted octanol–water partition coefficient (Wildman–Crippen LogP) is 1.71. The number of rotatable bonds is 3. The molecular weight excluding hydrogens is 240 g/mol. The number of hydrogen-bond donors (Lipinski definition) is 1. The molecule has 2 N–H and O–H groups in total. The molecule has 0 radical (unpaired) electrons. The Labute approximate surface area is 104 Å². The van der Waals surface area contributed by atoms with Crippen molar-refractivity contribution in [2.45, 2.75) is 18.5 Å². The highest BCUT2D eigenvalue weighted by atomic mass is 32.2. The molecule has 1 aromatic heterocycles. The van der Waals surface area contributed by atoms with Gasteiger partial charge in [0.2, 0.25) is 5.91 Å². The minimum absolute atomic E-state index is 0.0370. The van der Waals surface area contributed by atoms with E-state index in [1.54, 1.807) is 11.3 Å². The number of carbonyl (C=O) groups is 1. The van der Waals surface area contributed by atoms with Crippen molar-refractivity contribution in [3.05, 3.63) is 22.4 Å². The van der Waals surface area contributed by atoms with Crippen LogP contribution in [0.1, 0.15) is 17.3 Å². The van der Waals surface area contributed by atoms with E-state index in [4.69, 9.17) is 5.73 Å². The van der Waals surface area contributed by atoms with E-state index in [1.807, 2.05) is 41.2 Å². The molecule has 1 aromatic rings. The molecule has 0 saturated carbocycles. The highest BCUT2D eigenvalue weighted by molar-refractivity contribution is 7.99. The summed E-state index contributed by atoms with van der Waals surface area (Å²) >= 11 is 3.45. The third-order valence-corrected chi connectivity index (χ3v) is 5.02. The van der Waals surface area contributed by atoms with Crippen molar-refractivity contribution < 1.29 is 4.79 Å². The standard InChI is InChI=1S/C11H16N2OS2/c1-13(8-4-6-15-7-8)11(14)10(12)9-3-2-5-16-9/h2-3,5,8,10H,4,6-7,12H2,1H3. The molecule has 1 aliphatic heterocycles. The van der Waals surface area contributed by atoms with E-state index in [0.717, 1.165) is 22.8 Å². The van der Waals surface area contributed by atoms with Gasteiger partial charge in [0.15, 0.2) is 0 Å². The van der Waals surface area contributed by atoms with Gasteiger partial charge < -0.3 is 10.6 Å². The Hall–Kier alpha value is -0.520. The Bertz CT molecular complexity index is 347. The number of nitrogens with two attached hydrogens (primary N) is 1. The Morgan fingerprint density at radius 2 is 2.50 bits per heavy atom. The third kappa shape index (κ3) is 2.42. The van der Waals surface area contributed by atoms with Crippen LogP contribution in [0.4, 0.5) is 0 Å². The zero-order valence-corrected chi connectivity index (χ0v) is 10.9. The SMILES string of the molecule is CN(C(=O)C(N)c1cccs1)C1CCSC1. The lowest BCUT2D eigenvalue weighted by molar-refractivity contribution is -0.133. The smallest absolute Gasteiger partial charge is 0.244 e. The van der Waals surface area contributed by atoms with Gasteiger partial charge in [0, 0.05) is 23.7 Å². The van der Waals surface area contributed by atoms with Crippen LogP contribution >= 0.6 is 23.1 Å². The first-order valence-corrected chi connectivity index (χ1v) is 7.37. The molecule has 1 fully saturated rings. The normalized spacial score (nSPS) is 22.0. The maximum atomic E-state index is 12.1. The van der Waals surface area contributed by atoms with Gasteiger partial charge in [-0.2, -0.15) is 11.8 Å². The van der Waals surface area contributed by atoms with Crippen LogP contribution in [0, 0.1) is 0 Å². The van der Waals surface area contributed by atoms with Crippen molar-refractivity contribution in [2.75, 3.05) is 18.6 Å². The maximum Gasteiger partial charge on any atom is 0.244 e. The van der Waals surface area contributed by atoms with Crippen molar-refractivity contribution >= 4 is 29.0 Å². The summed E-state index contributed by atoms with van der Waals surface area (Å²) in [5.41, 5.74) is 5.96. The molecule has 16 heavy (non-hydrogen) atoms. The summed E-state index contributed by atoms with van der Waals surface area (Å²) in [5.74, 6) is 2.23. The molecule has 2 atom stereocenters. The molecule has 1 amide bonds. The topological polar surface area (TPSA) is 46.3 Å². The number of likely N-dealkylation sites (N-methyl/N-ethyl adjacent to an activating group) is 1. The average Bonchev–Trinajstić information content (AvgIpc) is 2.97. The highest BCUT2D eigenvalue weighted by Crippen LogP contribution is 2.24. The van der Waals surface area contributed by atoms with Crippen LogP contribution in [0.25, 0.3) is 0 Å². The second kappa shape index (κ2) is 5.21. The predicted molar refractivity (Wildman–Crippen MR) is 69.7 cm³/mol. The largest absolute Gasteiger partial charge is 0.340 e. The first-order valence-electron chi connectivity index (χ1n) is 5.33. The van der Waals surface area contributed by atoms with E-state index in [2.05, 4.69) is 0 Å². The molecule has 0 aliphatic carbocycles. The first kappa shape index (κ1) is 12.0. The van der Waals surface area contributed by atoms with Gasteiger partial charge in [0.05, 0.1) is 0 Å². The van der Waals surface area contributed by atoms with Crippen LogP contribution < -0.4 is 5.73 Å². The fourth-order valence-electron chi connectivity index (χ4n) is 1.82. The minimum atomic E-state index is -0.490. The van der Waals surface area contributed by atoms with E-state index in [-0.39, 0.29) is 5.91 Å². The van der Waals surface area contributed by atoms with Gasteiger partial charge in [-0.05, 0) is 23.6 Å². The number of thioether (sulfide) groups is 1. The molecule has 1 aliphatic rings. The molecule has 2 unspecified atom stereocenters. The van der Waals surface area contributed by atoms with Crippen LogP contribution in [0.15, 0.2) is 17.5 Å². The van der Waals surface area contributed by atoms with Gasteiger partial charge in [-0.15, -0.1) is 11.3 Å². The van der Waals surface area contributed by atoms with Gasteiger partial charge >= 0.3 is 0 Å². The Balaban J connectivity index is 2.01. The minimum Gasteiger partial charge on any atom is -0.340 e. The van der Waals surface area contributed by atoms with Gasteiger partial charge in [0.1, 0.15) is 6.04 Å². The second-order valence-electron chi connectivity index (χ2n) is 3.96. The van der Waals surface area contributed by atoms with Crippen LogP contribution in [-0.2, 0) is 4.79 Å². The third-order valence-electron chi connectivity index (χ3n) is 2.92. The van der Waals surface area contributed by atoms with Crippen molar-refractivity contribution in [3.8, 4) is 0 Å². The van der Waals surface area contributed by atoms with E-state index >= 15 is 0 Å². The van der Waals surface area contributed by atoms with Crippen LogP contribution in [-0.4, -0.2) is 35.4 Å². The van der Waals surface area contributed by atoms with Crippen molar-refractivity contribution in [2.24, 2.45) is 5.73 Å². The summed E-state index contributed by atoms with van der Waals surface area (Å²) in [6, 6.07) is 3.72. The van der Waals surface area contributed by atoms with E-state index < -0.39 is 6.04 Å². The zero-order valence-electron chi connectivity index (χ0n) is 9.26. The van der Waals surface area contributed by atoms with Gasteiger partial charge in [-0.3, -0.25) is 4.79 Å². The summed E-state index contributed by atoms with van der Waals surface area (Å²) in [7, 11) is 1.87. The van der Waals surface area contributed by atoms with E-state index in [1.165, 1.54) is 0 Å². The number of thiophene rings is 1. The number of amides is 1.